The van der Waals surface area contributed by atoms with E-state index in [0.717, 1.165) is 0 Å². The molecule has 82 valence electrons. The molecule has 0 atom stereocenters. The highest BCUT2D eigenvalue weighted by Crippen LogP contribution is 2.15. The summed E-state index contributed by atoms with van der Waals surface area (Å²) in [6, 6.07) is 14.5. The van der Waals surface area contributed by atoms with Crippen molar-refractivity contribution in [1.29, 1.82) is 0 Å². The van der Waals surface area contributed by atoms with Crippen molar-refractivity contribution in [3.63, 3.8) is 0 Å². The molecule has 0 bridgehead atoms. The van der Waals surface area contributed by atoms with Crippen LogP contribution >= 0.6 is 0 Å². The number of H-pyrrole nitrogens is 1. The molecule has 0 radical (unpaired) electrons. The first kappa shape index (κ1) is 16.0. The predicted molar refractivity (Wildman–Crippen MR) is 55.7 cm³/mol. The molecule has 0 amide bonds. The van der Waals surface area contributed by atoms with Crippen LogP contribution in [0.5, 0.6) is 0 Å². The van der Waals surface area contributed by atoms with Gasteiger partial charge in [-0.05, 0) is 11.1 Å². The van der Waals surface area contributed by atoms with Gasteiger partial charge in [0.05, 0.1) is 0 Å². The SMILES string of the molecule is O.O.[Cl-].c1ccc(-c2cc[nH+]cc2)cc1. The van der Waals surface area contributed by atoms with Gasteiger partial charge in [-0.2, -0.15) is 0 Å². The van der Waals surface area contributed by atoms with E-state index < -0.39 is 0 Å². The summed E-state index contributed by atoms with van der Waals surface area (Å²) in [5.41, 5.74) is 2.50. The Bertz CT molecular complexity index is 316. The van der Waals surface area contributed by atoms with E-state index in [0.29, 0.717) is 0 Å². The van der Waals surface area contributed by atoms with Crippen LogP contribution in [0.15, 0.2) is 54.9 Å². The van der Waals surface area contributed by atoms with Crippen LogP contribution in [0.25, 0.3) is 11.1 Å². The maximum Gasteiger partial charge on any atom is 0.167 e. The van der Waals surface area contributed by atoms with Gasteiger partial charge < -0.3 is 23.4 Å². The van der Waals surface area contributed by atoms with Crippen LogP contribution in [0, 0.1) is 0 Å². The molecule has 5 N–H and O–H groups in total. The Hall–Kier alpha value is -1.42. The van der Waals surface area contributed by atoms with Crippen molar-refractivity contribution in [1.82, 2.24) is 0 Å². The fourth-order valence-corrected chi connectivity index (χ4v) is 1.21. The van der Waals surface area contributed by atoms with Gasteiger partial charge in [-0.1, -0.05) is 30.3 Å². The van der Waals surface area contributed by atoms with Gasteiger partial charge in [-0.25, -0.2) is 4.98 Å². The Kier molecular flexibility index (Phi) is 8.48. The third-order valence-electron chi connectivity index (χ3n) is 1.83. The standard InChI is InChI=1S/C11H9N.ClH.2H2O/c1-2-4-10(5-3-1)11-6-8-12-9-7-11;;;/h1-9H;1H;2*1H2. The second-order valence-corrected chi connectivity index (χ2v) is 2.65. The first-order valence-electron chi connectivity index (χ1n) is 3.98. The highest BCUT2D eigenvalue weighted by Gasteiger charge is 1.94. The molecule has 0 aliphatic heterocycles. The maximum absolute atomic E-state index is 3.00. The van der Waals surface area contributed by atoms with Gasteiger partial charge in [0.1, 0.15) is 0 Å². The van der Waals surface area contributed by atoms with E-state index in [9.17, 15) is 0 Å². The zero-order chi connectivity index (χ0) is 8.23. The molecule has 2 rings (SSSR count). The number of rotatable bonds is 1. The third kappa shape index (κ3) is 4.08. The largest absolute Gasteiger partial charge is 1.00 e. The van der Waals surface area contributed by atoms with Gasteiger partial charge in [0.25, 0.3) is 0 Å². The number of aromatic amines is 1. The summed E-state index contributed by atoms with van der Waals surface area (Å²) in [6.07, 6.45) is 3.87. The number of hydrogen-bond donors (Lipinski definition) is 0. The van der Waals surface area contributed by atoms with E-state index in [4.69, 9.17) is 0 Å². The average Bonchev–Trinajstić information content (AvgIpc) is 2.21. The monoisotopic (exact) mass is 227 g/mol. The minimum absolute atomic E-state index is 0. The van der Waals surface area contributed by atoms with Gasteiger partial charge >= 0.3 is 0 Å². The van der Waals surface area contributed by atoms with Crippen molar-refractivity contribution in [2.24, 2.45) is 0 Å². The molecule has 0 aliphatic carbocycles. The van der Waals surface area contributed by atoms with Crippen LogP contribution in [0.2, 0.25) is 0 Å². The van der Waals surface area contributed by atoms with Crippen molar-refractivity contribution >= 4 is 0 Å². The van der Waals surface area contributed by atoms with Crippen molar-refractivity contribution in [2.75, 3.05) is 0 Å². The third-order valence-corrected chi connectivity index (χ3v) is 1.83. The molecule has 0 spiro atoms. The topological polar surface area (TPSA) is 77.1 Å². The molecule has 4 heteroatoms. The fraction of sp³-hybridized carbons (Fsp3) is 0. The zero-order valence-corrected chi connectivity index (χ0v) is 8.83. The van der Waals surface area contributed by atoms with E-state index in [-0.39, 0.29) is 23.4 Å². The molecular formula is C11H14ClNO2. The highest BCUT2D eigenvalue weighted by molar-refractivity contribution is 5.61. The molecule has 3 nitrogen and oxygen atoms in total. The molecule has 1 heterocycles. The number of benzene rings is 1. The van der Waals surface area contributed by atoms with Gasteiger partial charge in [0, 0.05) is 12.1 Å². The molecule has 1 aromatic heterocycles. The van der Waals surface area contributed by atoms with Crippen LogP contribution < -0.4 is 17.4 Å². The van der Waals surface area contributed by atoms with Crippen LogP contribution in [0.4, 0.5) is 0 Å². The molecule has 0 saturated heterocycles. The summed E-state index contributed by atoms with van der Waals surface area (Å²) in [5.74, 6) is 0. The number of pyridine rings is 1. The molecule has 0 saturated carbocycles. The first-order chi connectivity index (χ1) is 5.97. The van der Waals surface area contributed by atoms with Crippen LogP contribution in [0.1, 0.15) is 0 Å². The van der Waals surface area contributed by atoms with Gasteiger partial charge in [0.2, 0.25) is 0 Å². The summed E-state index contributed by atoms with van der Waals surface area (Å²) in [4.78, 5) is 3.00. The highest BCUT2D eigenvalue weighted by atomic mass is 35.5. The summed E-state index contributed by atoms with van der Waals surface area (Å²) < 4.78 is 0. The summed E-state index contributed by atoms with van der Waals surface area (Å²) in [7, 11) is 0. The Morgan fingerprint density at radius 3 is 1.67 bits per heavy atom. The van der Waals surface area contributed by atoms with E-state index in [1.807, 2.05) is 30.6 Å². The Morgan fingerprint density at radius 2 is 1.13 bits per heavy atom. The van der Waals surface area contributed by atoms with Crippen LogP contribution in [-0.2, 0) is 0 Å². The zero-order valence-electron chi connectivity index (χ0n) is 8.07. The normalized spacial score (nSPS) is 7.73. The lowest BCUT2D eigenvalue weighted by atomic mass is 10.1. The van der Waals surface area contributed by atoms with Crippen LogP contribution in [-0.4, -0.2) is 11.0 Å². The molecule has 0 aliphatic rings. The number of aromatic nitrogens is 1. The van der Waals surface area contributed by atoms with E-state index >= 15 is 0 Å². The van der Waals surface area contributed by atoms with Crippen molar-refractivity contribution < 1.29 is 28.3 Å². The lowest BCUT2D eigenvalue weighted by Crippen LogP contribution is -3.00. The summed E-state index contributed by atoms with van der Waals surface area (Å²) in [6.45, 7) is 0. The van der Waals surface area contributed by atoms with Crippen molar-refractivity contribution in [3.8, 4) is 11.1 Å². The smallest absolute Gasteiger partial charge is 0.167 e. The van der Waals surface area contributed by atoms with Gasteiger partial charge in [0.15, 0.2) is 12.4 Å². The average molecular weight is 228 g/mol. The Balaban J connectivity index is 0. The molecule has 0 unspecified atom stereocenters. The molecule has 15 heavy (non-hydrogen) atoms. The fourth-order valence-electron chi connectivity index (χ4n) is 1.21. The minimum Gasteiger partial charge on any atom is -1.00 e. The maximum atomic E-state index is 3.00. The van der Waals surface area contributed by atoms with Crippen LogP contribution in [0.3, 0.4) is 0 Å². The lowest BCUT2D eigenvalue weighted by Gasteiger charge is -1.96. The molecule has 0 fully saturated rings. The van der Waals surface area contributed by atoms with Crippen molar-refractivity contribution in [3.05, 3.63) is 54.9 Å². The summed E-state index contributed by atoms with van der Waals surface area (Å²) in [5, 5.41) is 0. The molecule has 1 aromatic carbocycles. The lowest BCUT2D eigenvalue weighted by molar-refractivity contribution is -0.377. The van der Waals surface area contributed by atoms with E-state index in [2.05, 4.69) is 29.2 Å². The second kappa shape index (κ2) is 7.94. The Labute approximate surface area is 94.8 Å². The van der Waals surface area contributed by atoms with E-state index in [1.54, 1.807) is 0 Å². The minimum atomic E-state index is 0. The first-order valence-corrected chi connectivity index (χ1v) is 3.98. The van der Waals surface area contributed by atoms with Gasteiger partial charge in [-0.3, -0.25) is 0 Å². The predicted octanol–water partition coefficient (Wildman–Crippen LogP) is -2.48. The van der Waals surface area contributed by atoms with Gasteiger partial charge in [-0.15, -0.1) is 0 Å². The Morgan fingerprint density at radius 1 is 0.667 bits per heavy atom. The molecule has 2 aromatic rings. The van der Waals surface area contributed by atoms with Crippen molar-refractivity contribution in [2.45, 2.75) is 0 Å². The number of halogens is 1. The number of nitrogens with one attached hydrogen (secondary N) is 1. The molecular weight excluding hydrogens is 214 g/mol. The quantitative estimate of drug-likeness (QED) is 0.518. The summed E-state index contributed by atoms with van der Waals surface area (Å²) >= 11 is 0. The second-order valence-electron chi connectivity index (χ2n) is 2.65. The van der Waals surface area contributed by atoms with E-state index in [1.165, 1.54) is 11.1 Å². The number of hydrogen-bond acceptors (Lipinski definition) is 0.